The van der Waals surface area contributed by atoms with Gasteiger partial charge in [-0.2, -0.15) is 12.6 Å². The van der Waals surface area contributed by atoms with E-state index >= 15 is 0 Å². The summed E-state index contributed by atoms with van der Waals surface area (Å²) in [4.78, 5) is 82.9. The second kappa shape index (κ2) is 21.7. The van der Waals surface area contributed by atoms with Crippen LogP contribution >= 0.6 is 35.4 Å². The Labute approximate surface area is 257 Å². The molecule has 0 aromatic carbocycles. The number of thiol groups is 1. The molecule has 0 saturated carbocycles. The standard InChI is InChI=1S/C5H11NO2S.3CH3O5P.3Na/c1-5(2,9)3(6)4(7)8;3*2-1(3)7(4,5)6;;;/h3,9H,6H2,1-2H3,(H,7,8);3*(H,2,3)(H2,4,5,6);;;/q;;;;3*+1/p-3/t3-;;;;;;/m0....../s1. The average molecular weight is 593 g/mol. The molecule has 18 nitrogen and oxygen atoms in total. The zero-order chi connectivity index (χ0) is 25.9. The molecule has 180 valence electrons. The van der Waals surface area contributed by atoms with Crippen LogP contribution in [0.25, 0.3) is 0 Å². The van der Waals surface area contributed by atoms with Gasteiger partial charge in [0.25, 0.3) is 0 Å². The smallest absolute Gasteiger partial charge is 0.538 e. The topological polar surface area (TPSA) is 356 Å². The Bertz CT molecular complexity index is 679. The normalized spacial score (nSPS) is 11.2. The summed E-state index contributed by atoms with van der Waals surface area (Å²) in [7, 11) is -14.8. The fourth-order valence-electron chi connectivity index (χ4n) is 0.302. The van der Waals surface area contributed by atoms with Crippen molar-refractivity contribution in [2.75, 3.05) is 0 Å². The summed E-state index contributed by atoms with van der Waals surface area (Å²) in [6.07, 6.45) is 0. The number of aliphatic carboxylic acids is 1. The number of carboxylic acid groups (broad SMARTS) is 4. The first-order valence-electron chi connectivity index (χ1n) is 6.21. The molecule has 0 amide bonds. The second-order valence-electron chi connectivity index (χ2n) is 4.90. The molecule has 33 heavy (non-hydrogen) atoms. The molecule has 0 heterocycles. The molecule has 0 aromatic heterocycles. The van der Waals surface area contributed by atoms with Crippen LogP contribution in [0.4, 0.5) is 14.4 Å². The zero-order valence-electron chi connectivity index (χ0n) is 17.7. The molecule has 0 aliphatic carbocycles. The third-order valence-corrected chi connectivity index (χ3v) is 3.45. The van der Waals surface area contributed by atoms with Crippen LogP contribution in [0.15, 0.2) is 0 Å². The van der Waals surface area contributed by atoms with E-state index in [0.717, 1.165) is 0 Å². The molecule has 0 aliphatic heterocycles. The monoisotopic (exact) mass is 593 g/mol. The van der Waals surface area contributed by atoms with Crippen LogP contribution in [-0.2, 0) is 18.5 Å². The van der Waals surface area contributed by atoms with E-state index in [1.807, 2.05) is 0 Å². The molecule has 25 heteroatoms. The summed E-state index contributed by atoms with van der Waals surface area (Å²) in [5.41, 5.74) is -1.80. The van der Waals surface area contributed by atoms with Gasteiger partial charge in [-0.25, -0.2) is 0 Å². The van der Waals surface area contributed by atoms with E-state index in [2.05, 4.69) is 12.6 Å². The van der Waals surface area contributed by atoms with Gasteiger partial charge < -0.3 is 69.9 Å². The van der Waals surface area contributed by atoms with Gasteiger partial charge >= 0.3 is 117 Å². The Balaban J connectivity index is -0.0000000533. The number of hydrogen-bond donors (Lipinski definition) is 9. The second-order valence-corrected chi connectivity index (χ2v) is 10.4. The number of carbonyl (C=O) groups is 4. The van der Waals surface area contributed by atoms with Crippen LogP contribution in [-0.4, -0.2) is 68.4 Å². The van der Waals surface area contributed by atoms with Crippen molar-refractivity contribution in [3.8, 4) is 0 Å². The molecule has 0 saturated heterocycles. The van der Waals surface area contributed by atoms with Crippen LogP contribution in [0.2, 0.25) is 0 Å². The Kier molecular flexibility index (Phi) is 33.7. The van der Waals surface area contributed by atoms with Crippen LogP contribution in [0.5, 0.6) is 0 Å². The van der Waals surface area contributed by atoms with E-state index in [-0.39, 0.29) is 88.7 Å². The van der Waals surface area contributed by atoms with Gasteiger partial charge in [-0.15, -0.1) is 0 Å². The van der Waals surface area contributed by atoms with Gasteiger partial charge in [-0.05, 0) is 13.8 Å². The number of rotatable bonds is 5. The Morgan fingerprint density at radius 3 is 0.848 bits per heavy atom. The van der Waals surface area contributed by atoms with Crippen LogP contribution in [0.3, 0.4) is 0 Å². The zero-order valence-corrected chi connectivity index (χ0v) is 27.2. The van der Waals surface area contributed by atoms with Gasteiger partial charge in [0.05, 0.1) is 0 Å². The van der Waals surface area contributed by atoms with E-state index in [4.69, 9.17) is 69.9 Å². The molecule has 0 radical (unpaired) electrons. The maximum absolute atomic E-state index is 10.2. The summed E-state index contributed by atoms with van der Waals surface area (Å²) < 4.78 is 27.4. The number of carboxylic acids is 1. The molecule has 0 unspecified atom stereocenters. The number of hydrogen-bond acceptors (Lipinski definition) is 12. The van der Waals surface area contributed by atoms with E-state index in [9.17, 15) is 18.5 Å². The predicted octanol–water partition coefficient (Wildman–Crippen LogP) is -13.4. The summed E-state index contributed by atoms with van der Waals surface area (Å²) in [5.74, 6) is -1.02. The van der Waals surface area contributed by atoms with Crippen LogP contribution in [0.1, 0.15) is 13.8 Å². The first kappa shape index (κ1) is 51.3. The molecule has 9 N–H and O–H groups in total. The molecule has 0 fully saturated rings. The van der Waals surface area contributed by atoms with Gasteiger partial charge in [0, 0.05) is 4.75 Å². The van der Waals surface area contributed by atoms with Gasteiger partial charge in [-0.3, -0.25) is 18.5 Å². The summed E-state index contributed by atoms with van der Waals surface area (Å²) in [6, 6.07) is -0.902. The maximum atomic E-state index is 10.2. The summed E-state index contributed by atoms with van der Waals surface area (Å²) in [6.45, 7) is 3.32. The van der Waals surface area contributed by atoms with Crippen LogP contribution < -0.4 is 110 Å². The van der Waals surface area contributed by atoms with E-state index < -0.39 is 56.7 Å². The van der Waals surface area contributed by atoms with Crippen molar-refractivity contribution >= 4 is 58.5 Å². The third kappa shape index (κ3) is 38.3. The van der Waals surface area contributed by atoms with E-state index in [1.165, 1.54) is 0 Å². The number of carbonyl (C=O) groups excluding carboxylic acids is 3. The molecule has 0 aliphatic rings. The van der Waals surface area contributed by atoms with E-state index in [1.54, 1.807) is 13.8 Å². The fourth-order valence-corrected chi connectivity index (χ4v) is 0.413. The van der Waals surface area contributed by atoms with Gasteiger partial charge in [0.2, 0.25) is 0 Å². The molecule has 0 aromatic rings. The van der Waals surface area contributed by atoms with Crippen molar-refractivity contribution in [3.63, 3.8) is 0 Å². The average Bonchev–Trinajstić information content (AvgIpc) is 2.44. The van der Waals surface area contributed by atoms with Crippen molar-refractivity contribution in [2.24, 2.45) is 5.73 Å². The van der Waals surface area contributed by atoms with Gasteiger partial charge in [0.1, 0.15) is 6.04 Å². The van der Waals surface area contributed by atoms with E-state index in [0.29, 0.717) is 0 Å². The summed E-state index contributed by atoms with van der Waals surface area (Å²) in [5, 5.41) is 35.8. The first-order valence-corrected chi connectivity index (χ1v) is 11.5. The molecule has 0 bridgehead atoms. The molecule has 0 spiro atoms. The Hall–Kier alpha value is 1.64. The first-order chi connectivity index (χ1) is 12.7. The quantitative estimate of drug-likeness (QED) is 0.0811. The van der Waals surface area contributed by atoms with Crippen LogP contribution in [0, 0.1) is 0 Å². The van der Waals surface area contributed by atoms with Crippen molar-refractivity contribution in [3.05, 3.63) is 0 Å². The van der Waals surface area contributed by atoms with Gasteiger partial charge in [0.15, 0.2) is 17.1 Å². The summed E-state index contributed by atoms with van der Waals surface area (Å²) >= 11 is 3.98. The Morgan fingerprint density at radius 1 is 0.727 bits per heavy atom. The van der Waals surface area contributed by atoms with Crippen molar-refractivity contribution in [1.29, 1.82) is 0 Å². The Morgan fingerprint density at radius 2 is 0.848 bits per heavy atom. The molecule has 0 rings (SSSR count). The van der Waals surface area contributed by atoms with Crippen molar-refractivity contribution in [2.45, 2.75) is 24.6 Å². The maximum Gasteiger partial charge on any atom is 1.00 e. The molecule has 1 atom stereocenters. The molecular weight excluding hydrogens is 576 g/mol. The number of nitrogens with two attached hydrogens (primary N) is 1. The van der Waals surface area contributed by atoms with Crippen molar-refractivity contribution in [1.82, 2.24) is 0 Å². The predicted molar refractivity (Wildman–Crippen MR) is 91.0 cm³/mol. The minimum Gasteiger partial charge on any atom is -0.538 e. The SMILES string of the molecule is CC(C)(S)[C@@H](N)C(=O)O.O=C([O-])P(=O)(O)O.O=C([O-])P(=O)(O)O.O=C([O-])P(=O)(O)O.[Na+].[Na+].[Na+]. The largest absolute Gasteiger partial charge is 1.00 e. The minimum atomic E-state index is -4.93. The van der Waals surface area contributed by atoms with Gasteiger partial charge in [-0.1, -0.05) is 0 Å². The minimum absolute atomic E-state index is 0. The third-order valence-electron chi connectivity index (χ3n) is 1.74. The fraction of sp³-hybridized carbons (Fsp3) is 0.500. The van der Waals surface area contributed by atoms with Crippen molar-refractivity contribution < 1.29 is 171 Å². The molecular formula is C8H17NNa3O17P3S.